The van der Waals surface area contributed by atoms with Crippen LogP contribution in [0.3, 0.4) is 0 Å². The molecule has 0 N–H and O–H groups in total. The third kappa shape index (κ3) is 2.88. The molecule has 5 nitrogen and oxygen atoms in total. The SMILES string of the molecule is CC1=C[C@H]2C[C@H]1[C@H]1C(=O)N(c3ccc(C(=O)OCc4ccccc4Cl)cc3)C(=O)[C@H]12. The van der Waals surface area contributed by atoms with E-state index in [-0.39, 0.29) is 42.1 Å². The van der Waals surface area contributed by atoms with Crippen LogP contribution in [-0.2, 0) is 20.9 Å². The number of halogens is 1. The number of nitrogens with zero attached hydrogens (tertiary/aromatic N) is 1. The van der Waals surface area contributed by atoms with Crippen molar-refractivity contribution in [1.82, 2.24) is 0 Å². The molecule has 2 aromatic rings. The Balaban J connectivity index is 1.30. The van der Waals surface area contributed by atoms with E-state index in [1.807, 2.05) is 19.1 Å². The number of ether oxygens (including phenoxy) is 1. The first-order valence-electron chi connectivity index (χ1n) is 10.0. The Morgan fingerprint density at radius 3 is 2.50 bits per heavy atom. The molecule has 3 aliphatic rings. The minimum Gasteiger partial charge on any atom is -0.457 e. The van der Waals surface area contributed by atoms with Gasteiger partial charge in [0.25, 0.3) is 0 Å². The van der Waals surface area contributed by atoms with Gasteiger partial charge in [0.1, 0.15) is 6.61 Å². The van der Waals surface area contributed by atoms with Crippen LogP contribution >= 0.6 is 11.6 Å². The first-order valence-corrected chi connectivity index (χ1v) is 10.4. The third-order valence-corrected chi connectivity index (χ3v) is 6.93. The molecule has 6 heteroatoms. The van der Waals surface area contributed by atoms with Crippen molar-refractivity contribution in [2.45, 2.75) is 20.0 Å². The van der Waals surface area contributed by atoms with E-state index in [1.165, 1.54) is 10.5 Å². The van der Waals surface area contributed by atoms with Crippen LogP contribution in [0.1, 0.15) is 29.3 Å². The van der Waals surface area contributed by atoms with Crippen LogP contribution in [0.4, 0.5) is 5.69 Å². The van der Waals surface area contributed by atoms with Gasteiger partial charge in [-0.15, -0.1) is 0 Å². The fourth-order valence-electron chi connectivity index (χ4n) is 5.12. The Morgan fingerprint density at radius 1 is 1.07 bits per heavy atom. The summed E-state index contributed by atoms with van der Waals surface area (Å²) >= 11 is 6.08. The Bertz CT molecular complexity index is 1090. The number of rotatable bonds is 4. The second-order valence-electron chi connectivity index (χ2n) is 8.19. The average molecular weight is 422 g/mol. The molecule has 0 spiro atoms. The molecule has 1 saturated carbocycles. The zero-order valence-corrected chi connectivity index (χ0v) is 17.1. The predicted molar refractivity (Wildman–Crippen MR) is 112 cm³/mol. The van der Waals surface area contributed by atoms with Crippen LogP contribution in [0, 0.1) is 23.7 Å². The van der Waals surface area contributed by atoms with Crippen LogP contribution in [0.2, 0.25) is 5.02 Å². The monoisotopic (exact) mass is 421 g/mol. The van der Waals surface area contributed by atoms with Gasteiger partial charge in [-0.2, -0.15) is 0 Å². The summed E-state index contributed by atoms with van der Waals surface area (Å²) in [6.45, 7) is 2.12. The van der Waals surface area contributed by atoms with E-state index < -0.39 is 5.97 Å². The zero-order valence-electron chi connectivity index (χ0n) is 16.4. The normalized spacial score (nSPS) is 26.7. The first-order chi connectivity index (χ1) is 14.5. The van der Waals surface area contributed by atoms with E-state index in [0.717, 1.165) is 12.0 Å². The van der Waals surface area contributed by atoms with E-state index in [1.54, 1.807) is 36.4 Å². The van der Waals surface area contributed by atoms with Gasteiger partial charge >= 0.3 is 5.97 Å². The molecule has 2 amide bonds. The molecule has 0 aromatic heterocycles. The predicted octanol–water partition coefficient (Wildman–Crippen LogP) is 4.40. The molecule has 2 aliphatic carbocycles. The molecule has 1 heterocycles. The van der Waals surface area contributed by atoms with E-state index in [4.69, 9.17) is 16.3 Å². The van der Waals surface area contributed by atoms with Crippen LogP contribution in [-0.4, -0.2) is 17.8 Å². The molecular weight excluding hydrogens is 402 g/mol. The van der Waals surface area contributed by atoms with Crippen LogP contribution in [0.25, 0.3) is 0 Å². The maximum Gasteiger partial charge on any atom is 0.338 e. The zero-order chi connectivity index (χ0) is 21.0. The summed E-state index contributed by atoms with van der Waals surface area (Å²) in [7, 11) is 0. The van der Waals surface area contributed by atoms with Gasteiger partial charge < -0.3 is 4.74 Å². The molecule has 4 atom stereocenters. The number of amides is 2. The van der Waals surface area contributed by atoms with Gasteiger partial charge in [0.15, 0.2) is 0 Å². The molecule has 0 unspecified atom stereocenters. The molecule has 152 valence electrons. The standard InChI is InChI=1S/C24H20ClNO4/c1-13-10-16-11-18(13)21-20(16)22(27)26(23(21)28)17-8-6-14(7-9-17)24(29)30-12-15-4-2-3-5-19(15)25/h2-10,16,18,20-21H,11-12H2,1H3/t16-,18+,20-,21+/m0/s1. The summed E-state index contributed by atoms with van der Waals surface area (Å²) in [5.74, 6) is -0.884. The highest BCUT2D eigenvalue weighted by Crippen LogP contribution is 2.55. The van der Waals surface area contributed by atoms with E-state index in [0.29, 0.717) is 16.3 Å². The number of carbonyl (C=O) groups excluding carboxylic acids is 3. The first kappa shape index (κ1) is 19.1. The molecular formula is C24H20ClNO4. The fourth-order valence-corrected chi connectivity index (χ4v) is 5.31. The number of imide groups is 1. The van der Waals surface area contributed by atoms with E-state index >= 15 is 0 Å². The third-order valence-electron chi connectivity index (χ3n) is 6.56. The Hall–Kier alpha value is -2.92. The lowest BCUT2D eigenvalue weighted by atomic mass is 9.82. The summed E-state index contributed by atoms with van der Waals surface area (Å²) in [6.07, 6.45) is 3.06. The van der Waals surface area contributed by atoms with Gasteiger partial charge in [0.05, 0.1) is 23.1 Å². The molecule has 0 radical (unpaired) electrons. The van der Waals surface area contributed by atoms with E-state index in [2.05, 4.69) is 6.08 Å². The van der Waals surface area contributed by atoms with Crippen molar-refractivity contribution in [1.29, 1.82) is 0 Å². The smallest absolute Gasteiger partial charge is 0.338 e. The average Bonchev–Trinajstić information content (AvgIpc) is 3.38. The quantitative estimate of drug-likeness (QED) is 0.417. The largest absolute Gasteiger partial charge is 0.457 e. The van der Waals surface area contributed by atoms with E-state index in [9.17, 15) is 14.4 Å². The van der Waals surface area contributed by atoms with Gasteiger partial charge in [-0.05, 0) is 55.5 Å². The highest BCUT2D eigenvalue weighted by molar-refractivity contribution is 6.31. The maximum absolute atomic E-state index is 13.0. The lowest BCUT2D eigenvalue weighted by Gasteiger charge is -2.19. The number of anilines is 1. The Labute approximate surface area is 179 Å². The van der Waals surface area contributed by atoms with Crippen molar-refractivity contribution in [2.75, 3.05) is 4.90 Å². The summed E-state index contributed by atoms with van der Waals surface area (Å²) in [6, 6.07) is 13.6. The summed E-state index contributed by atoms with van der Waals surface area (Å²) in [4.78, 5) is 39.6. The van der Waals surface area contributed by atoms with Crippen LogP contribution < -0.4 is 4.90 Å². The van der Waals surface area contributed by atoms with Gasteiger partial charge in [-0.3, -0.25) is 14.5 Å². The van der Waals surface area contributed by atoms with Crippen molar-refractivity contribution < 1.29 is 19.1 Å². The highest BCUT2D eigenvalue weighted by Gasteiger charge is 2.60. The topological polar surface area (TPSA) is 63.7 Å². The number of allylic oxidation sites excluding steroid dienone is 2. The Kier molecular flexibility index (Phi) is 4.51. The van der Waals surface area contributed by atoms with Gasteiger partial charge in [0, 0.05) is 10.6 Å². The van der Waals surface area contributed by atoms with Crippen LogP contribution in [0.5, 0.6) is 0 Å². The van der Waals surface area contributed by atoms with Crippen molar-refractivity contribution in [2.24, 2.45) is 23.7 Å². The van der Waals surface area contributed by atoms with Gasteiger partial charge in [-0.25, -0.2) is 4.79 Å². The number of hydrogen-bond donors (Lipinski definition) is 0. The lowest BCUT2D eigenvalue weighted by Crippen LogP contribution is -2.32. The minimum absolute atomic E-state index is 0.0713. The number of hydrogen-bond acceptors (Lipinski definition) is 4. The summed E-state index contributed by atoms with van der Waals surface area (Å²) in [5, 5.41) is 0.538. The van der Waals surface area contributed by atoms with Gasteiger partial charge in [0.2, 0.25) is 11.8 Å². The molecule has 2 bridgehead atoms. The summed E-state index contributed by atoms with van der Waals surface area (Å²) < 4.78 is 5.33. The van der Waals surface area contributed by atoms with Gasteiger partial charge in [-0.1, -0.05) is 41.4 Å². The second kappa shape index (κ2) is 7.10. The molecule has 1 saturated heterocycles. The Morgan fingerprint density at radius 2 is 1.77 bits per heavy atom. The molecule has 2 aromatic carbocycles. The molecule has 2 fully saturated rings. The van der Waals surface area contributed by atoms with Crippen molar-refractivity contribution >= 4 is 35.1 Å². The fraction of sp³-hybridized carbons (Fsp3) is 0.292. The number of carbonyl (C=O) groups is 3. The number of fused-ring (bicyclic) bond motifs is 5. The van der Waals surface area contributed by atoms with Crippen molar-refractivity contribution in [3.05, 3.63) is 76.3 Å². The maximum atomic E-state index is 13.0. The lowest BCUT2D eigenvalue weighted by molar-refractivity contribution is -0.123. The molecule has 1 aliphatic heterocycles. The second-order valence-corrected chi connectivity index (χ2v) is 8.60. The van der Waals surface area contributed by atoms with Crippen molar-refractivity contribution in [3.8, 4) is 0 Å². The molecule has 5 rings (SSSR count). The molecule has 30 heavy (non-hydrogen) atoms. The summed E-state index contributed by atoms with van der Waals surface area (Å²) in [5.41, 5.74) is 2.80. The number of benzene rings is 2. The van der Waals surface area contributed by atoms with Crippen molar-refractivity contribution in [3.63, 3.8) is 0 Å². The van der Waals surface area contributed by atoms with Crippen LogP contribution in [0.15, 0.2) is 60.2 Å². The highest BCUT2D eigenvalue weighted by atomic mass is 35.5. The number of esters is 1. The minimum atomic E-state index is -0.490.